The molecule has 0 aromatic rings. The maximum Gasteiger partial charge on any atom is 0.119 e. The van der Waals surface area contributed by atoms with Gasteiger partial charge < -0.3 is 4.74 Å². The second kappa shape index (κ2) is 3.71. The summed E-state index contributed by atoms with van der Waals surface area (Å²) in [7, 11) is 0. The molecule has 16 heavy (non-hydrogen) atoms. The van der Waals surface area contributed by atoms with E-state index in [-0.39, 0.29) is 5.72 Å². The third kappa shape index (κ3) is 2.43. The van der Waals surface area contributed by atoms with Crippen LogP contribution in [0, 0.1) is 10.8 Å². The number of rotatable bonds is 0. The van der Waals surface area contributed by atoms with Crippen LogP contribution in [0.5, 0.6) is 0 Å². The lowest BCUT2D eigenvalue weighted by Gasteiger charge is -2.45. The minimum Gasteiger partial charge on any atom is -0.361 e. The highest BCUT2D eigenvalue weighted by Gasteiger charge is 2.48. The number of hydrogen-bond acceptors (Lipinski definition) is 2. The van der Waals surface area contributed by atoms with Crippen molar-refractivity contribution in [3.63, 3.8) is 0 Å². The predicted octanol–water partition coefficient (Wildman–Crippen LogP) is 3.32. The monoisotopic (exact) mass is 225 g/mol. The molecule has 1 spiro atoms. The Kier molecular flexibility index (Phi) is 2.87. The molecule has 1 N–H and O–H groups in total. The Morgan fingerprint density at radius 1 is 1.19 bits per heavy atom. The molecule has 2 atom stereocenters. The summed E-state index contributed by atoms with van der Waals surface area (Å²) in [6, 6.07) is 0.593. The zero-order valence-corrected chi connectivity index (χ0v) is 11.5. The molecule has 2 aliphatic rings. The molecule has 2 nitrogen and oxygen atoms in total. The molecule has 1 saturated carbocycles. The second-order valence-corrected chi connectivity index (χ2v) is 7.54. The van der Waals surface area contributed by atoms with Gasteiger partial charge in [0.2, 0.25) is 0 Å². The van der Waals surface area contributed by atoms with E-state index in [2.05, 4.69) is 39.9 Å². The number of hydrogen-bond donors (Lipinski definition) is 1. The van der Waals surface area contributed by atoms with Crippen LogP contribution < -0.4 is 5.32 Å². The van der Waals surface area contributed by atoms with Crippen molar-refractivity contribution in [3.8, 4) is 0 Å². The summed E-state index contributed by atoms with van der Waals surface area (Å²) in [6.07, 6.45) is 4.75. The zero-order chi connectivity index (χ0) is 12.0. The Bertz CT molecular complexity index is 266. The summed E-state index contributed by atoms with van der Waals surface area (Å²) in [5.74, 6) is 0. The lowest BCUT2D eigenvalue weighted by molar-refractivity contribution is -0.123. The highest BCUT2D eigenvalue weighted by atomic mass is 16.5. The third-order valence-electron chi connectivity index (χ3n) is 4.24. The largest absolute Gasteiger partial charge is 0.361 e. The van der Waals surface area contributed by atoms with Crippen LogP contribution in [0.3, 0.4) is 0 Å². The van der Waals surface area contributed by atoms with E-state index in [4.69, 9.17) is 4.74 Å². The minimum atomic E-state index is -0.0142. The van der Waals surface area contributed by atoms with E-state index in [0.29, 0.717) is 16.9 Å². The molecule has 1 saturated heterocycles. The standard InChI is InChI=1S/C14H27NO/c1-12(2,3)11-6-9-16-14(15-11)8-7-13(4,5)10-14/h11,15H,6-10H2,1-5H3. The van der Waals surface area contributed by atoms with E-state index in [1.807, 2.05) is 0 Å². The van der Waals surface area contributed by atoms with Crippen molar-refractivity contribution in [1.82, 2.24) is 5.32 Å². The van der Waals surface area contributed by atoms with Crippen LogP contribution in [0.1, 0.15) is 60.3 Å². The van der Waals surface area contributed by atoms with Gasteiger partial charge in [-0.1, -0.05) is 34.6 Å². The Balaban J connectivity index is 2.08. The number of ether oxygens (including phenoxy) is 1. The molecule has 0 amide bonds. The summed E-state index contributed by atoms with van der Waals surface area (Å²) >= 11 is 0. The second-order valence-electron chi connectivity index (χ2n) is 7.54. The molecule has 1 heterocycles. The van der Waals surface area contributed by atoms with Gasteiger partial charge in [-0.25, -0.2) is 0 Å². The molecule has 0 bridgehead atoms. The topological polar surface area (TPSA) is 21.3 Å². The van der Waals surface area contributed by atoms with E-state index in [1.54, 1.807) is 0 Å². The van der Waals surface area contributed by atoms with Crippen molar-refractivity contribution >= 4 is 0 Å². The van der Waals surface area contributed by atoms with Gasteiger partial charge in [-0.15, -0.1) is 0 Å². The third-order valence-corrected chi connectivity index (χ3v) is 4.24. The average molecular weight is 225 g/mol. The molecular formula is C14H27NO. The summed E-state index contributed by atoms with van der Waals surface area (Å²) < 4.78 is 6.08. The van der Waals surface area contributed by atoms with Gasteiger partial charge in [-0.2, -0.15) is 0 Å². The van der Waals surface area contributed by atoms with Crippen LogP contribution in [0.15, 0.2) is 0 Å². The van der Waals surface area contributed by atoms with Gasteiger partial charge in [0, 0.05) is 6.04 Å². The Labute approximate surface area is 100 Å². The van der Waals surface area contributed by atoms with Gasteiger partial charge in [0.05, 0.1) is 6.61 Å². The summed E-state index contributed by atoms with van der Waals surface area (Å²) in [4.78, 5) is 0. The van der Waals surface area contributed by atoms with Crippen LogP contribution in [-0.4, -0.2) is 18.4 Å². The van der Waals surface area contributed by atoms with E-state index in [0.717, 1.165) is 19.4 Å². The van der Waals surface area contributed by atoms with E-state index in [1.165, 1.54) is 12.8 Å². The van der Waals surface area contributed by atoms with Crippen molar-refractivity contribution in [2.45, 2.75) is 72.1 Å². The normalized spacial score (nSPS) is 39.2. The van der Waals surface area contributed by atoms with Crippen LogP contribution in [-0.2, 0) is 4.74 Å². The summed E-state index contributed by atoms with van der Waals surface area (Å²) in [5, 5.41) is 3.80. The average Bonchev–Trinajstić information content (AvgIpc) is 2.40. The van der Waals surface area contributed by atoms with Gasteiger partial charge in [0.1, 0.15) is 5.72 Å². The maximum absolute atomic E-state index is 6.08. The lowest BCUT2D eigenvalue weighted by atomic mass is 9.82. The van der Waals surface area contributed by atoms with E-state index < -0.39 is 0 Å². The zero-order valence-electron chi connectivity index (χ0n) is 11.5. The smallest absolute Gasteiger partial charge is 0.119 e. The molecule has 94 valence electrons. The molecule has 2 heteroatoms. The Morgan fingerprint density at radius 2 is 1.88 bits per heavy atom. The quantitative estimate of drug-likeness (QED) is 0.683. The molecule has 2 rings (SSSR count). The summed E-state index contributed by atoms with van der Waals surface area (Å²) in [5.41, 5.74) is 0.760. The Hall–Kier alpha value is -0.0800. The fraction of sp³-hybridized carbons (Fsp3) is 1.00. The molecule has 1 aliphatic heterocycles. The van der Waals surface area contributed by atoms with Crippen molar-refractivity contribution < 1.29 is 4.74 Å². The van der Waals surface area contributed by atoms with Crippen LogP contribution in [0.25, 0.3) is 0 Å². The first-order valence-electron chi connectivity index (χ1n) is 6.64. The van der Waals surface area contributed by atoms with Gasteiger partial charge in [-0.05, 0) is 36.5 Å². The predicted molar refractivity (Wildman–Crippen MR) is 67.3 cm³/mol. The van der Waals surface area contributed by atoms with E-state index in [9.17, 15) is 0 Å². The molecular weight excluding hydrogens is 198 g/mol. The van der Waals surface area contributed by atoms with Crippen molar-refractivity contribution in [3.05, 3.63) is 0 Å². The highest BCUT2D eigenvalue weighted by Crippen LogP contribution is 2.46. The summed E-state index contributed by atoms with van der Waals surface area (Å²) in [6.45, 7) is 12.6. The van der Waals surface area contributed by atoms with E-state index >= 15 is 0 Å². The Morgan fingerprint density at radius 3 is 2.38 bits per heavy atom. The first kappa shape index (κ1) is 12.4. The SMILES string of the molecule is CC1(C)CCC2(C1)NC(C(C)(C)C)CCO2. The lowest BCUT2D eigenvalue weighted by Crippen LogP contribution is -2.59. The number of nitrogens with one attached hydrogen (secondary N) is 1. The maximum atomic E-state index is 6.08. The van der Waals surface area contributed by atoms with Gasteiger partial charge in [0.25, 0.3) is 0 Å². The van der Waals surface area contributed by atoms with Gasteiger partial charge in [-0.3, -0.25) is 5.32 Å². The van der Waals surface area contributed by atoms with Crippen molar-refractivity contribution in [1.29, 1.82) is 0 Å². The van der Waals surface area contributed by atoms with Gasteiger partial charge in [0.15, 0.2) is 0 Å². The molecule has 1 aliphatic carbocycles. The van der Waals surface area contributed by atoms with Crippen molar-refractivity contribution in [2.75, 3.05) is 6.61 Å². The minimum absolute atomic E-state index is 0.0142. The van der Waals surface area contributed by atoms with Gasteiger partial charge >= 0.3 is 0 Å². The first-order valence-corrected chi connectivity index (χ1v) is 6.64. The molecule has 2 fully saturated rings. The molecule has 2 unspecified atom stereocenters. The van der Waals surface area contributed by atoms with Crippen molar-refractivity contribution in [2.24, 2.45) is 10.8 Å². The molecule has 0 aromatic heterocycles. The van der Waals surface area contributed by atoms with Crippen LogP contribution in [0.2, 0.25) is 0 Å². The molecule has 0 radical (unpaired) electrons. The first-order chi connectivity index (χ1) is 7.23. The fourth-order valence-electron chi connectivity index (χ4n) is 3.19. The van der Waals surface area contributed by atoms with Crippen LogP contribution in [0.4, 0.5) is 0 Å². The highest BCUT2D eigenvalue weighted by molar-refractivity contribution is 4.99. The fourth-order valence-corrected chi connectivity index (χ4v) is 3.19. The molecule has 0 aromatic carbocycles. The van der Waals surface area contributed by atoms with Crippen LogP contribution >= 0.6 is 0 Å².